The van der Waals surface area contributed by atoms with Crippen LogP contribution in [0.4, 0.5) is 0 Å². The van der Waals surface area contributed by atoms with E-state index in [0.717, 1.165) is 18.1 Å². The van der Waals surface area contributed by atoms with Gasteiger partial charge in [-0.25, -0.2) is 9.67 Å². The van der Waals surface area contributed by atoms with Crippen molar-refractivity contribution in [3.05, 3.63) is 40.4 Å². The van der Waals surface area contributed by atoms with Gasteiger partial charge in [0.15, 0.2) is 0 Å². The molecule has 0 aliphatic carbocycles. The molecule has 120 valence electrons. The summed E-state index contributed by atoms with van der Waals surface area (Å²) < 4.78 is 7.67. The molecule has 0 aliphatic rings. The second kappa shape index (κ2) is 6.62. The van der Waals surface area contributed by atoms with Gasteiger partial charge in [-0.15, -0.1) is 0 Å². The SMILES string of the molecule is COc1ccc(CN(C)Cn2[nH]c(C(C)(C)C)nc2=S)cc1. The molecule has 1 N–H and O–H groups in total. The van der Waals surface area contributed by atoms with Crippen LogP contribution in [0.3, 0.4) is 0 Å². The minimum Gasteiger partial charge on any atom is -0.497 e. The number of nitrogens with zero attached hydrogens (tertiary/aromatic N) is 3. The zero-order valence-electron chi connectivity index (χ0n) is 13.9. The molecule has 1 aromatic heterocycles. The van der Waals surface area contributed by atoms with Crippen LogP contribution in [0.1, 0.15) is 32.2 Å². The average molecular weight is 320 g/mol. The molecule has 0 unspecified atom stereocenters. The van der Waals surface area contributed by atoms with E-state index in [2.05, 4.69) is 54.9 Å². The molecule has 0 saturated heterocycles. The summed E-state index contributed by atoms with van der Waals surface area (Å²) in [6.07, 6.45) is 0. The molecule has 0 atom stereocenters. The van der Waals surface area contributed by atoms with Crippen molar-refractivity contribution in [3.63, 3.8) is 0 Å². The Morgan fingerprint density at radius 3 is 2.41 bits per heavy atom. The number of benzene rings is 1. The molecule has 0 fully saturated rings. The highest BCUT2D eigenvalue weighted by Gasteiger charge is 2.18. The van der Waals surface area contributed by atoms with Gasteiger partial charge in [0, 0.05) is 12.0 Å². The molecule has 0 spiro atoms. The van der Waals surface area contributed by atoms with Crippen LogP contribution in [-0.2, 0) is 18.6 Å². The first-order valence-corrected chi connectivity index (χ1v) is 7.69. The van der Waals surface area contributed by atoms with E-state index < -0.39 is 0 Å². The van der Waals surface area contributed by atoms with Crippen LogP contribution in [0.5, 0.6) is 5.75 Å². The van der Waals surface area contributed by atoms with Crippen LogP contribution in [-0.4, -0.2) is 33.8 Å². The highest BCUT2D eigenvalue weighted by Crippen LogP contribution is 2.18. The van der Waals surface area contributed by atoms with Crippen LogP contribution in [0, 0.1) is 4.77 Å². The van der Waals surface area contributed by atoms with Gasteiger partial charge in [0.05, 0.1) is 13.8 Å². The Labute approximate surface area is 136 Å². The Morgan fingerprint density at radius 2 is 1.91 bits per heavy atom. The number of aromatic amines is 1. The van der Waals surface area contributed by atoms with E-state index in [1.807, 2.05) is 16.8 Å². The number of H-pyrrole nitrogens is 1. The summed E-state index contributed by atoms with van der Waals surface area (Å²) in [5.74, 6) is 1.78. The number of nitrogens with one attached hydrogen (secondary N) is 1. The molecule has 0 saturated carbocycles. The molecule has 0 aliphatic heterocycles. The highest BCUT2D eigenvalue weighted by molar-refractivity contribution is 7.71. The van der Waals surface area contributed by atoms with Gasteiger partial charge in [0.25, 0.3) is 0 Å². The second-order valence-electron chi connectivity index (χ2n) is 6.54. The molecule has 6 heteroatoms. The van der Waals surface area contributed by atoms with Gasteiger partial charge in [0.1, 0.15) is 11.6 Å². The molecule has 1 aromatic carbocycles. The molecule has 2 rings (SSSR count). The monoisotopic (exact) mass is 320 g/mol. The highest BCUT2D eigenvalue weighted by atomic mass is 32.1. The minimum absolute atomic E-state index is 0.0344. The third-order valence-corrected chi connectivity index (χ3v) is 3.70. The Hall–Kier alpha value is -1.66. The fourth-order valence-corrected chi connectivity index (χ4v) is 2.32. The van der Waals surface area contributed by atoms with Gasteiger partial charge in [-0.3, -0.25) is 10.00 Å². The quantitative estimate of drug-likeness (QED) is 0.858. The molecule has 1 heterocycles. The summed E-state index contributed by atoms with van der Waals surface area (Å²) >= 11 is 5.33. The average Bonchev–Trinajstić information content (AvgIpc) is 2.81. The minimum atomic E-state index is -0.0344. The predicted molar refractivity (Wildman–Crippen MR) is 90.6 cm³/mol. The van der Waals surface area contributed by atoms with Crippen molar-refractivity contribution in [1.82, 2.24) is 19.7 Å². The lowest BCUT2D eigenvalue weighted by Gasteiger charge is -2.18. The Morgan fingerprint density at radius 1 is 1.27 bits per heavy atom. The van der Waals surface area contributed by atoms with Crippen molar-refractivity contribution in [2.45, 2.75) is 39.4 Å². The van der Waals surface area contributed by atoms with Crippen molar-refractivity contribution in [2.24, 2.45) is 0 Å². The largest absolute Gasteiger partial charge is 0.497 e. The van der Waals surface area contributed by atoms with Crippen LogP contribution in [0.25, 0.3) is 0 Å². The van der Waals surface area contributed by atoms with Crippen molar-refractivity contribution in [2.75, 3.05) is 14.2 Å². The van der Waals surface area contributed by atoms with E-state index in [4.69, 9.17) is 17.0 Å². The lowest BCUT2D eigenvalue weighted by molar-refractivity contribution is 0.243. The van der Waals surface area contributed by atoms with E-state index in [-0.39, 0.29) is 5.41 Å². The van der Waals surface area contributed by atoms with Gasteiger partial charge in [0.2, 0.25) is 4.77 Å². The van der Waals surface area contributed by atoms with Gasteiger partial charge in [-0.05, 0) is 37.0 Å². The van der Waals surface area contributed by atoms with Crippen LogP contribution in [0.2, 0.25) is 0 Å². The molecule has 0 amide bonds. The number of methoxy groups -OCH3 is 1. The van der Waals surface area contributed by atoms with Gasteiger partial charge < -0.3 is 4.74 Å². The second-order valence-corrected chi connectivity index (χ2v) is 6.90. The number of hydrogen-bond acceptors (Lipinski definition) is 4. The molecular weight excluding hydrogens is 296 g/mol. The fraction of sp³-hybridized carbons (Fsp3) is 0.500. The summed E-state index contributed by atoms with van der Waals surface area (Å²) in [5, 5.41) is 3.30. The van der Waals surface area contributed by atoms with Crippen LogP contribution in [0.15, 0.2) is 24.3 Å². The van der Waals surface area contributed by atoms with E-state index in [0.29, 0.717) is 11.4 Å². The lowest BCUT2D eigenvalue weighted by Crippen LogP contribution is -2.23. The Bertz CT molecular complexity index is 667. The van der Waals surface area contributed by atoms with Crippen molar-refractivity contribution in [1.29, 1.82) is 0 Å². The number of aromatic nitrogens is 3. The molecule has 5 nitrogen and oxygen atoms in total. The predicted octanol–water partition coefficient (Wildman–Crippen LogP) is 3.34. The maximum atomic E-state index is 5.33. The van der Waals surface area contributed by atoms with E-state index >= 15 is 0 Å². The summed E-state index contributed by atoms with van der Waals surface area (Å²) in [7, 11) is 3.73. The normalized spacial score (nSPS) is 11.9. The zero-order valence-corrected chi connectivity index (χ0v) is 14.7. The first-order valence-electron chi connectivity index (χ1n) is 7.28. The van der Waals surface area contributed by atoms with Crippen molar-refractivity contribution in [3.8, 4) is 5.75 Å². The fourth-order valence-electron chi connectivity index (χ4n) is 2.12. The smallest absolute Gasteiger partial charge is 0.217 e. The van der Waals surface area contributed by atoms with Gasteiger partial charge in [-0.1, -0.05) is 32.9 Å². The summed E-state index contributed by atoms with van der Waals surface area (Å²) in [5.41, 5.74) is 1.19. The Kier molecular flexibility index (Phi) is 5.03. The molecule has 22 heavy (non-hydrogen) atoms. The maximum Gasteiger partial charge on any atom is 0.217 e. The maximum absolute atomic E-state index is 5.33. The van der Waals surface area contributed by atoms with Gasteiger partial charge >= 0.3 is 0 Å². The first-order chi connectivity index (χ1) is 10.3. The van der Waals surface area contributed by atoms with E-state index in [9.17, 15) is 0 Å². The molecule has 2 aromatic rings. The summed E-state index contributed by atoms with van der Waals surface area (Å²) in [6.45, 7) is 7.85. The lowest BCUT2D eigenvalue weighted by atomic mass is 9.96. The van der Waals surface area contributed by atoms with E-state index in [1.165, 1.54) is 5.56 Å². The number of ether oxygens (including phenoxy) is 1. The number of rotatable bonds is 5. The summed E-state index contributed by atoms with van der Waals surface area (Å²) in [6, 6.07) is 8.09. The van der Waals surface area contributed by atoms with Crippen LogP contribution < -0.4 is 4.74 Å². The summed E-state index contributed by atoms with van der Waals surface area (Å²) in [4.78, 5) is 6.63. The molecule has 0 radical (unpaired) electrons. The third-order valence-electron chi connectivity index (χ3n) is 3.38. The first kappa shape index (κ1) is 16.7. The topological polar surface area (TPSA) is 46.1 Å². The third kappa shape index (κ3) is 4.18. The van der Waals surface area contributed by atoms with E-state index in [1.54, 1.807) is 7.11 Å². The van der Waals surface area contributed by atoms with Gasteiger partial charge in [-0.2, -0.15) is 0 Å². The van der Waals surface area contributed by atoms with Crippen LogP contribution >= 0.6 is 12.2 Å². The molecular formula is C16H24N4OS. The molecule has 0 bridgehead atoms. The standard InChI is InChI=1S/C16H24N4OS/c1-16(2,3)14-17-15(22)20(18-14)11-19(4)10-12-6-8-13(21-5)9-7-12/h6-9H,10-11H2,1-5H3,(H,17,18,22). The number of hydrogen-bond donors (Lipinski definition) is 1. The van der Waals surface area contributed by atoms with Crippen molar-refractivity contribution >= 4 is 12.2 Å². The Balaban J connectivity index is 2.04. The van der Waals surface area contributed by atoms with Crippen molar-refractivity contribution < 1.29 is 4.74 Å². The zero-order chi connectivity index (χ0) is 16.3.